The van der Waals surface area contributed by atoms with Crippen molar-refractivity contribution >= 4 is 33.4 Å². The van der Waals surface area contributed by atoms with Crippen molar-refractivity contribution in [3.63, 3.8) is 0 Å². The van der Waals surface area contributed by atoms with Crippen molar-refractivity contribution in [1.29, 1.82) is 0 Å². The van der Waals surface area contributed by atoms with Gasteiger partial charge in [0, 0.05) is 20.7 Å². The second-order valence-corrected chi connectivity index (χ2v) is 6.96. The van der Waals surface area contributed by atoms with Gasteiger partial charge in [0.2, 0.25) is 0 Å². The molecule has 0 atom stereocenters. The number of rotatable bonds is 2. The summed E-state index contributed by atoms with van der Waals surface area (Å²) in [6.45, 7) is 6.64. The number of halogens is 1. The summed E-state index contributed by atoms with van der Waals surface area (Å²) >= 11 is 5.31. The van der Waals surface area contributed by atoms with E-state index in [9.17, 15) is 0 Å². The van der Waals surface area contributed by atoms with Crippen molar-refractivity contribution in [2.24, 2.45) is 0 Å². The monoisotopic (exact) mass is 273 g/mol. The van der Waals surface area contributed by atoms with Crippen LogP contribution in [0.15, 0.2) is 22.7 Å². The first-order valence-electron chi connectivity index (χ1n) is 4.56. The van der Waals surface area contributed by atoms with Gasteiger partial charge in [-0.15, -0.1) is 0 Å². The van der Waals surface area contributed by atoms with Crippen LogP contribution in [-0.2, 0) is 5.75 Å². The Morgan fingerprint density at radius 3 is 2.50 bits per heavy atom. The molecule has 1 rings (SSSR count). The van der Waals surface area contributed by atoms with Crippen molar-refractivity contribution in [3.8, 4) is 0 Å². The van der Waals surface area contributed by atoms with Gasteiger partial charge in [0.1, 0.15) is 0 Å². The fraction of sp³-hybridized carbons (Fsp3) is 0.455. The summed E-state index contributed by atoms with van der Waals surface area (Å²) in [4.78, 5) is 0. The molecule has 0 aliphatic heterocycles. The average Bonchev–Trinajstić information content (AvgIpc) is 2.00. The van der Waals surface area contributed by atoms with Crippen LogP contribution in [0.5, 0.6) is 0 Å². The maximum absolute atomic E-state index is 5.91. The molecule has 78 valence electrons. The molecule has 0 amide bonds. The topological polar surface area (TPSA) is 26.0 Å². The molecule has 0 unspecified atom stereocenters. The zero-order valence-electron chi connectivity index (χ0n) is 8.80. The lowest BCUT2D eigenvalue weighted by Gasteiger charge is -2.18. The second-order valence-electron chi connectivity index (χ2n) is 4.24. The number of nitrogens with two attached hydrogens (primary N) is 1. The van der Waals surface area contributed by atoms with Crippen LogP contribution in [0.4, 0.5) is 5.69 Å². The van der Waals surface area contributed by atoms with Gasteiger partial charge in [-0.3, -0.25) is 0 Å². The van der Waals surface area contributed by atoms with Crippen LogP contribution in [0, 0.1) is 0 Å². The highest BCUT2D eigenvalue weighted by Gasteiger charge is 2.11. The third-order valence-electron chi connectivity index (χ3n) is 1.77. The van der Waals surface area contributed by atoms with Crippen molar-refractivity contribution in [1.82, 2.24) is 0 Å². The summed E-state index contributed by atoms with van der Waals surface area (Å²) in [6.07, 6.45) is 0. The van der Waals surface area contributed by atoms with E-state index in [-0.39, 0.29) is 0 Å². The van der Waals surface area contributed by atoms with E-state index in [1.165, 1.54) is 5.56 Å². The quantitative estimate of drug-likeness (QED) is 0.823. The van der Waals surface area contributed by atoms with Crippen molar-refractivity contribution < 1.29 is 0 Å². The number of nitrogen functional groups attached to an aromatic ring is 1. The van der Waals surface area contributed by atoms with Crippen LogP contribution in [0.25, 0.3) is 0 Å². The average molecular weight is 274 g/mol. The highest BCUT2D eigenvalue weighted by Crippen LogP contribution is 2.30. The Balaban J connectivity index is 2.68. The first-order chi connectivity index (χ1) is 6.38. The van der Waals surface area contributed by atoms with E-state index in [1.807, 2.05) is 23.9 Å². The summed E-state index contributed by atoms with van der Waals surface area (Å²) in [5.41, 5.74) is 7.99. The largest absolute Gasteiger partial charge is 0.398 e. The smallest absolute Gasteiger partial charge is 0.0366 e. The lowest BCUT2D eigenvalue weighted by atomic mass is 10.2. The summed E-state index contributed by atoms with van der Waals surface area (Å²) in [6, 6.07) is 6.08. The zero-order valence-corrected chi connectivity index (χ0v) is 11.2. The molecule has 0 heterocycles. The van der Waals surface area contributed by atoms with Crippen LogP contribution in [-0.4, -0.2) is 4.75 Å². The molecule has 2 N–H and O–H groups in total. The molecule has 14 heavy (non-hydrogen) atoms. The van der Waals surface area contributed by atoms with E-state index >= 15 is 0 Å². The van der Waals surface area contributed by atoms with Crippen LogP contribution < -0.4 is 5.73 Å². The van der Waals surface area contributed by atoms with Gasteiger partial charge >= 0.3 is 0 Å². The fourth-order valence-electron chi connectivity index (χ4n) is 0.991. The Morgan fingerprint density at radius 2 is 2.00 bits per heavy atom. The van der Waals surface area contributed by atoms with E-state index < -0.39 is 0 Å². The van der Waals surface area contributed by atoms with Crippen molar-refractivity contribution in [3.05, 3.63) is 28.2 Å². The maximum atomic E-state index is 5.91. The van der Waals surface area contributed by atoms with Gasteiger partial charge in [-0.05, 0) is 17.7 Å². The zero-order chi connectivity index (χ0) is 10.8. The predicted octanol–water partition coefficient (Wildman–Crippen LogP) is 4.06. The molecular weight excluding hydrogens is 258 g/mol. The summed E-state index contributed by atoms with van der Waals surface area (Å²) in [5.74, 6) is 0.975. The van der Waals surface area contributed by atoms with Crippen LogP contribution in [0.3, 0.4) is 0 Å². The van der Waals surface area contributed by atoms with E-state index in [0.717, 1.165) is 15.9 Å². The standard InChI is InChI=1S/C11H16BrNS/c1-11(2,3)14-7-8-4-5-9(12)6-10(8)13/h4-6H,7,13H2,1-3H3. The maximum Gasteiger partial charge on any atom is 0.0366 e. The number of thioether (sulfide) groups is 1. The van der Waals surface area contributed by atoms with Crippen molar-refractivity contribution in [2.75, 3.05) is 5.73 Å². The number of hydrogen-bond donors (Lipinski definition) is 1. The first kappa shape index (κ1) is 11.9. The summed E-state index contributed by atoms with van der Waals surface area (Å²) in [7, 11) is 0. The molecule has 1 aromatic rings. The molecule has 0 saturated heterocycles. The normalized spacial score (nSPS) is 11.7. The van der Waals surface area contributed by atoms with E-state index in [0.29, 0.717) is 4.75 Å². The number of benzene rings is 1. The van der Waals surface area contributed by atoms with E-state index in [4.69, 9.17) is 5.73 Å². The van der Waals surface area contributed by atoms with Gasteiger partial charge in [-0.1, -0.05) is 42.8 Å². The highest BCUT2D eigenvalue weighted by molar-refractivity contribution is 9.10. The minimum atomic E-state index is 0.291. The molecule has 0 aromatic heterocycles. The molecule has 0 spiro atoms. The van der Waals surface area contributed by atoms with Crippen LogP contribution in [0.2, 0.25) is 0 Å². The molecule has 0 fully saturated rings. The molecule has 0 saturated carbocycles. The SMILES string of the molecule is CC(C)(C)SCc1ccc(Br)cc1N. The van der Waals surface area contributed by atoms with Gasteiger partial charge < -0.3 is 5.73 Å². The molecule has 3 heteroatoms. The van der Waals surface area contributed by atoms with Crippen molar-refractivity contribution in [2.45, 2.75) is 31.3 Å². The molecule has 1 nitrogen and oxygen atoms in total. The first-order valence-corrected chi connectivity index (χ1v) is 6.34. The minimum Gasteiger partial charge on any atom is -0.398 e. The Morgan fingerprint density at radius 1 is 1.36 bits per heavy atom. The van der Waals surface area contributed by atoms with E-state index in [2.05, 4.69) is 42.8 Å². The third-order valence-corrected chi connectivity index (χ3v) is 3.58. The van der Waals surface area contributed by atoms with Gasteiger partial charge in [0.15, 0.2) is 0 Å². The molecule has 0 bridgehead atoms. The Bertz CT molecular complexity index is 318. The minimum absolute atomic E-state index is 0.291. The van der Waals surface area contributed by atoms with E-state index in [1.54, 1.807) is 0 Å². The molecule has 0 radical (unpaired) electrons. The molecule has 0 aliphatic carbocycles. The highest BCUT2D eigenvalue weighted by atomic mass is 79.9. The molecule has 1 aromatic carbocycles. The molecular formula is C11H16BrNS. The lowest BCUT2D eigenvalue weighted by molar-refractivity contribution is 0.802. The number of hydrogen-bond acceptors (Lipinski definition) is 2. The summed E-state index contributed by atoms with van der Waals surface area (Å²) < 4.78 is 1.33. The fourth-order valence-corrected chi connectivity index (χ4v) is 2.22. The van der Waals surface area contributed by atoms with Gasteiger partial charge in [0.05, 0.1) is 0 Å². The van der Waals surface area contributed by atoms with Gasteiger partial charge in [-0.2, -0.15) is 11.8 Å². The third kappa shape index (κ3) is 3.93. The summed E-state index contributed by atoms with van der Waals surface area (Å²) in [5, 5.41) is 0. The molecule has 0 aliphatic rings. The van der Waals surface area contributed by atoms with Crippen LogP contribution in [0.1, 0.15) is 26.3 Å². The Labute approximate surface area is 98.6 Å². The second kappa shape index (κ2) is 4.58. The van der Waals surface area contributed by atoms with Gasteiger partial charge in [-0.25, -0.2) is 0 Å². The van der Waals surface area contributed by atoms with Crippen LogP contribution >= 0.6 is 27.7 Å². The lowest BCUT2D eigenvalue weighted by Crippen LogP contribution is -2.08. The number of anilines is 1. The van der Waals surface area contributed by atoms with Gasteiger partial charge in [0.25, 0.3) is 0 Å². The Hall–Kier alpha value is -0.150. The Kier molecular flexibility index (Phi) is 3.90. The predicted molar refractivity (Wildman–Crippen MR) is 69.6 cm³/mol.